The van der Waals surface area contributed by atoms with E-state index in [0.29, 0.717) is 0 Å². The van der Waals surface area contributed by atoms with Crippen LogP contribution in [0, 0.1) is 6.92 Å². The maximum atomic E-state index is 11.8. The Morgan fingerprint density at radius 2 is 1.82 bits per heavy atom. The molecule has 0 aliphatic carbocycles. The molecular weight excluding hydrogens is 292 g/mol. The van der Waals surface area contributed by atoms with Gasteiger partial charge in [-0.25, -0.2) is 4.79 Å². The summed E-state index contributed by atoms with van der Waals surface area (Å²) in [5.41, 5.74) is 5.45. The Balaban J connectivity index is 2.03. The number of aryl methyl sites for hydroxylation is 1. The fraction of sp³-hybridized carbons (Fsp3) is 0.211. The molecular formula is C19H18O2S. The van der Waals surface area contributed by atoms with Crippen LogP contribution < -0.4 is 0 Å². The van der Waals surface area contributed by atoms with Gasteiger partial charge in [-0.3, -0.25) is 0 Å². The van der Waals surface area contributed by atoms with E-state index in [4.69, 9.17) is 4.74 Å². The third-order valence-corrected chi connectivity index (χ3v) is 4.89. The first kappa shape index (κ1) is 14.9. The molecule has 0 amide bonds. The zero-order valence-electron chi connectivity index (χ0n) is 12.8. The maximum absolute atomic E-state index is 11.8. The predicted octanol–water partition coefficient (Wildman–Crippen LogP) is 4.71. The van der Waals surface area contributed by atoms with Crippen molar-refractivity contribution in [2.45, 2.75) is 18.2 Å². The Hall–Kier alpha value is -2.00. The van der Waals surface area contributed by atoms with E-state index in [-0.39, 0.29) is 5.97 Å². The molecule has 112 valence electrons. The molecule has 1 aliphatic rings. The molecule has 0 atom stereocenters. The number of benzene rings is 2. The van der Waals surface area contributed by atoms with Crippen molar-refractivity contribution < 1.29 is 9.53 Å². The summed E-state index contributed by atoms with van der Waals surface area (Å²) in [6.45, 7) is 2.09. The highest BCUT2D eigenvalue weighted by atomic mass is 32.2. The lowest BCUT2D eigenvalue weighted by molar-refractivity contribution is -0.136. The molecule has 0 saturated heterocycles. The second kappa shape index (κ2) is 6.41. The topological polar surface area (TPSA) is 26.3 Å². The Bertz CT molecular complexity index is 730. The third kappa shape index (κ3) is 3.09. The van der Waals surface area contributed by atoms with E-state index in [9.17, 15) is 4.79 Å². The van der Waals surface area contributed by atoms with Gasteiger partial charge in [0, 0.05) is 16.2 Å². The molecule has 0 saturated carbocycles. The second-order valence-corrected chi connectivity index (χ2v) is 6.51. The molecule has 0 unspecified atom stereocenters. The highest BCUT2D eigenvalue weighted by Crippen LogP contribution is 2.34. The van der Waals surface area contributed by atoms with E-state index < -0.39 is 0 Å². The highest BCUT2D eigenvalue weighted by molar-refractivity contribution is 7.99. The van der Waals surface area contributed by atoms with Crippen molar-refractivity contribution >= 4 is 23.8 Å². The second-order valence-electron chi connectivity index (χ2n) is 5.38. The number of esters is 1. The number of rotatable bonds is 2. The minimum absolute atomic E-state index is 0.228. The molecule has 0 fully saturated rings. The molecule has 0 aromatic heterocycles. The van der Waals surface area contributed by atoms with Crippen molar-refractivity contribution in [3.05, 3.63) is 59.2 Å². The first-order chi connectivity index (χ1) is 10.7. The maximum Gasteiger partial charge on any atom is 0.333 e. The molecule has 0 spiro atoms. The number of ether oxygens (including phenoxy) is 1. The minimum atomic E-state index is -0.228. The van der Waals surface area contributed by atoms with E-state index in [0.717, 1.165) is 23.3 Å². The number of carbonyl (C=O) groups excluding carboxylic acids is 1. The summed E-state index contributed by atoms with van der Waals surface area (Å²) in [4.78, 5) is 13.0. The fourth-order valence-corrected chi connectivity index (χ4v) is 3.53. The van der Waals surface area contributed by atoms with Crippen LogP contribution in [0.1, 0.15) is 17.5 Å². The van der Waals surface area contributed by atoms with Crippen LogP contribution in [-0.2, 0) is 9.53 Å². The molecule has 0 radical (unpaired) electrons. The van der Waals surface area contributed by atoms with E-state index in [1.54, 1.807) is 11.8 Å². The number of carbonyl (C=O) groups is 1. The van der Waals surface area contributed by atoms with Crippen LogP contribution in [0.2, 0.25) is 0 Å². The summed E-state index contributed by atoms with van der Waals surface area (Å²) in [5, 5.41) is 0. The predicted molar refractivity (Wildman–Crippen MR) is 91.9 cm³/mol. The molecule has 3 heteroatoms. The highest BCUT2D eigenvalue weighted by Gasteiger charge is 2.15. The van der Waals surface area contributed by atoms with Crippen LogP contribution >= 0.6 is 11.8 Å². The summed E-state index contributed by atoms with van der Waals surface area (Å²) in [7, 11) is 1.44. The summed E-state index contributed by atoms with van der Waals surface area (Å²) < 4.78 is 4.87. The summed E-state index contributed by atoms with van der Waals surface area (Å²) in [6, 6.07) is 14.9. The monoisotopic (exact) mass is 310 g/mol. The summed E-state index contributed by atoms with van der Waals surface area (Å²) in [5.74, 6) is 0.673. The van der Waals surface area contributed by atoms with E-state index >= 15 is 0 Å². The van der Waals surface area contributed by atoms with Gasteiger partial charge in [-0.2, -0.15) is 0 Å². The fourth-order valence-electron chi connectivity index (χ4n) is 2.54. The molecule has 1 aliphatic heterocycles. The molecule has 0 bridgehead atoms. The van der Waals surface area contributed by atoms with Crippen molar-refractivity contribution in [2.75, 3.05) is 12.9 Å². The molecule has 1 heterocycles. The SMILES string of the molecule is COC(=O)C1=Cc2cc(-c3ccc(C)cc3)ccc2SCC1. The van der Waals surface area contributed by atoms with Gasteiger partial charge in [0.05, 0.1) is 7.11 Å². The molecule has 22 heavy (non-hydrogen) atoms. The average molecular weight is 310 g/mol. The lowest BCUT2D eigenvalue weighted by Gasteiger charge is -2.08. The number of methoxy groups -OCH3 is 1. The van der Waals surface area contributed by atoms with E-state index in [2.05, 4.69) is 49.4 Å². The number of hydrogen-bond donors (Lipinski definition) is 0. The molecule has 0 N–H and O–H groups in total. The normalized spacial score (nSPS) is 13.8. The average Bonchev–Trinajstić information content (AvgIpc) is 2.76. The van der Waals surface area contributed by atoms with Gasteiger partial charge in [0.2, 0.25) is 0 Å². The van der Waals surface area contributed by atoms with Gasteiger partial charge < -0.3 is 4.74 Å². The Morgan fingerprint density at radius 3 is 2.55 bits per heavy atom. The van der Waals surface area contributed by atoms with Crippen molar-refractivity contribution in [3.63, 3.8) is 0 Å². The van der Waals surface area contributed by atoms with Crippen LogP contribution in [-0.4, -0.2) is 18.8 Å². The smallest absolute Gasteiger partial charge is 0.333 e. The summed E-state index contributed by atoms with van der Waals surface area (Å²) >= 11 is 1.79. The zero-order valence-corrected chi connectivity index (χ0v) is 13.6. The van der Waals surface area contributed by atoms with Gasteiger partial charge in [0.25, 0.3) is 0 Å². The number of thioether (sulfide) groups is 1. The standard InChI is InChI=1S/C19H18O2S/c1-13-3-5-14(6-4-13)15-7-8-18-17(11-15)12-16(9-10-22-18)19(20)21-2/h3-8,11-12H,9-10H2,1-2H3. The van der Waals surface area contributed by atoms with Gasteiger partial charge in [0.1, 0.15) is 0 Å². The molecule has 2 aromatic carbocycles. The van der Waals surface area contributed by atoms with Crippen molar-refractivity contribution in [3.8, 4) is 11.1 Å². The molecule has 2 nitrogen and oxygen atoms in total. The van der Waals surface area contributed by atoms with E-state index in [1.807, 2.05) is 6.08 Å². The molecule has 3 rings (SSSR count). The van der Waals surface area contributed by atoms with Crippen LogP contribution in [0.5, 0.6) is 0 Å². The van der Waals surface area contributed by atoms with Crippen LogP contribution in [0.3, 0.4) is 0 Å². The zero-order chi connectivity index (χ0) is 15.5. The van der Waals surface area contributed by atoms with E-state index in [1.165, 1.54) is 28.7 Å². The van der Waals surface area contributed by atoms with Crippen LogP contribution in [0.25, 0.3) is 17.2 Å². The van der Waals surface area contributed by atoms with Gasteiger partial charge >= 0.3 is 5.97 Å². The van der Waals surface area contributed by atoms with Gasteiger partial charge in [0.15, 0.2) is 0 Å². The van der Waals surface area contributed by atoms with Gasteiger partial charge in [-0.05, 0) is 48.2 Å². The van der Waals surface area contributed by atoms with Crippen LogP contribution in [0.15, 0.2) is 52.9 Å². The van der Waals surface area contributed by atoms with Gasteiger partial charge in [-0.15, -0.1) is 11.8 Å². The molecule has 2 aromatic rings. The van der Waals surface area contributed by atoms with Crippen LogP contribution in [0.4, 0.5) is 0 Å². The Labute approximate surface area is 135 Å². The van der Waals surface area contributed by atoms with Gasteiger partial charge in [-0.1, -0.05) is 35.9 Å². The largest absolute Gasteiger partial charge is 0.466 e. The van der Waals surface area contributed by atoms with Crippen molar-refractivity contribution in [2.24, 2.45) is 0 Å². The minimum Gasteiger partial charge on any atom is -0.466 e. The van der Waals surface area contributed by atoms with Crippen molar-refractivity contribution in [1.82, 2.24) is 0 Å². The first-order valence-electron chi connectivity index (χ1n) is 7.30. The number of fused-ring (bicyclic) bond motifs is 1. The Morgan fingerprint density at radius 1 is 1.09 bits per heavy atom. The quantitative estimate of drug-likeness (QED) is 0.751. The third-order valence-electron chi connectivity index (χ3n) is 3.80. The first-order valence-corrected chi connectivity index (χ1v) is 8.29. The summed E-state index contributed by atoms with van der Waals surface area (Å²) in [6.07, 6.45) is 2.71. The Kier molecular flexibility index (Phi) is 4.34. The lowest BCUT2D eigenvalue weighted by atomic mass is 10.0. The van der Waals surface area contributed by atoms with Crippen molar-refractivity contribution in [1.29, 1.82) is 0 Å². The lowest BCUT2D eigenvalue weighted by Crippen LogP contribution is -2.04. The number of hydrogen-bond acceptors (Lipinski definition) is 3.